The van der Waals surface area contributed by atoms with Crippen LogP contribution in [0.3, 0.4) is 0 Å². The van der Waals surface area contributed by atoms with Crippen molar-refractivity contribution in [2.24, 2.45) is 0 Å². The van der Waals surface area contributed by atoms with Crippen LogP contribution in [0, 0.1) is 0 Å². The molecule has 0 fully saturated rings. The van der Waals surface area contributed by atoms with Gasteiger partial charge in [0.15, 0.2) is 0 Å². The van der Waals surface area contributed by atoms with Crippen LogP contribution in [0.15, 0.2) is 66.1 Å². The van der Waals surface area contributed by atoms with E-state index in [1.54, 1.807) is 24.0 Å². The van der Waals surface area contributed by atoms with Gasteiger partial charge in [-0.2, -0.15) is 0 Å². The minimum absolute atomic E-state index is 0.207. The smallest absolute Gasteiger partial charge is 0.0945 e. The SMILES string of the molecule is Clc1ccc(SC(CCn2ccnc2)c2ccc(Cl)cc2Cl)cc1. The van der Waals surface area contributed by atoms with Gasteiger partial charge >= 0.3 is 0 Å². The zero-order chi connectivity index (χ0) is 16.9. The van der Waals surface area contributed by atoms with E-state index >= 15 is 0 Å². The lowest BCUT2D eigenvalue weighted by atomic mass is 10.1. The van der Waals surface area contributed by atoms with E-state index in [2.05, 4.69) is 9.55 Å². The standard InChI is InChI=1S/C18H15Cl3N2S/c19-13-1-4-15(5-2-13)24-18(7-9-23-10-8-22-12-23)16-6-3-14(20)11-17(16)21/h1-6,8,10-12,18H,7,9H2. The number of aryl methyl sites for hydroxylation is 1. The number of thioether (sulfide) groups is 1. The molecule has 0 amide bonds. The van der Waals surface area contributed by atoms with Crippen LogP contribution in [-0.4, -0.2) is 9.55 Å². The molecule has 0 aliphatic carbocycles. The van der Waals surface area contributed by atoms with Gasteiger partial charge in [0.05, 0.1) is 6.33 Å². The highest BCUT2D eigenvalue weighted by Gasteiger charge is 2.17. The summed E-state index contributed by atoms with van der Waals surface area (Å²) in [6.45, 7) is 0.865. The Bertz CT molecular complexity index is 789. The minimum atomic E-state index is 0.207. The molecule has 0 N–H and O–H groups in total. The Morgan fingerprint density at radius 2 is 1.75 bits per heavy atom. The fourth-order valence-corrected chi connectivity index (χ4v) is 4.31. The van der Waals surface area contributed by atoms with Gasteiger partial charge in [-0.3, -0.25) is 0 Å². The first-order valence-electron chi connectivity index (χ1n) is 7.45. The van der Waals surface area contributed by atoms with E-state index in [1.807, 2.05) is 48.9 Å². The maximum absolute atomic E-state index is 6.44. The maximum Gasteiger partial charge on any atom is 0.0945 e. The molecule has 1 aromatic heterocycles. The molecule has 1 atom stereocenters. The van der Waals surface area contributed by atoms with E-state index in [-0.39, 0.29) is 5.25 Å². The summed E-state index contributed by atoms with van der Waals surface area (Å²) in [4.78, 5) is 5.25. The normalized spacial score (nSPS) is 12.3. The molecule has 0 saturated heterocycles. The summed E-state index contributed by atoms with van der Waals surface area (Å²) in [6.07, 6.45) is 6.50. The molecule has 24 heavy (non-hydrogen) atoms. The van der Waals surface area contributed by atoms with Crippen molar-refractivity contribution in [2.45, 2.75) is 23.1 Å². The second-order valence-electron chi connectivity index (χ2n) is 5.32. The Hall–Kier alpha value is -1.13. The van der Waals surface area contributed by atoms with Crippen molar-refractivity contribution < 1.29 is 0 Å². The Morgan fingerprint density at radius 1 is 1.00 bits per heavy atom. The van der Waals surface area contributed by atoms with Crippen LogP contribution in [0.1, 0.15) is 17.2 Å². The third-order valence-electron chi connectivity index (χ3n) is 3.61. The summed E-state index contributed by atoms with van der Waals surface area (Å²) in [6, 6.07) is 13.6. The second-order valence-corrected chi connectivity index (χ2v) is 7.87. The first-order chi connectivity index (χ1) is 11.6. The molecule has 2 aromatic carbocycles. The van der Waals surface area contributed by atoms with E-state index in [0.29, 0.717) is 10.0 Å². The number of hydrogen-bond acceptors (Lipinski definition) is 2. The zero-order valence-electron chi connectivity index (χ0n) is 12.7. The lowest BCUT2D eigenvalue weighted by molar-refractivity contribution is 0.634. The number of rotatable bonds is 6. The van der Waals surface area contributed by atoms with Crippen molar-refractivity contribution in [3.05, 3.63) is 81.8 Å². The highest BCUT2D eigenvalue weighted by Crippen LogP contribution is 2.41. The Labute approximate surface area is 160 Å². The molecule has 1 heterocycles. The van der Waals surface area contributed by atoms with E-state index in [1.165, 1.54) is 0 Å². The molecular weight excluding hydrogens is 383 g/mol. The number of hydrogen-bond donors (Lipinski definition) is 0. The van der Waals surface area contributed by atoms with Gasteiger partial charge < -0.3 is 4.57 Å². The lowest BCUT2D eigenvalue weighted by Gasteiger charge is -2.19. The van der Waals surface area contributed by atoms with Gasteiger partial charge in [0.1, 0.15) is 0 Å². The molecule has 6 heteroatoms. The summed E-state index contributed by atoms with van der Waals surface area (Å²) in [7, 11) is 0. The van der Waals surface area contributed by atoms with Gasteiger partial charge in [-0.1, -0.05) is 40.9 Å². The van der Waals surface area contributed by atoms with Crippen LogP contribution in [-0.2, 0) is 6.54 Å². The summed E-state index contributed by atoms with van der Waals surface area (Å²) in [5.41, 5.74) is 1.08. The van der Waals surface area contributed by atoms with Crippen LogP contribution in [0.5, 0.6) is 0 Å². The van der Waals surface area contributed by atoms with E-state index in [4.69, 9.17) is 34.8 Å². The quantitative estimate of drug-likeness (QED) is 0.427. The second kappa shape index (κ2) is 8.30. The Kier molecular flexibility index (Phi) is 6.12. The lowest BCUT2D eigenvalue weighted by Crippen LogP contribution is -2.02. The van der Waals surface area contributed by atoms with Gasteiger partial charge in [0, 0.05) is 44.2 Å². The van der Waals surface area contributed by atoms with Gasteiger partial charge in [-0.15, -0.1) is 11.8 Å². The molecule has 1 unspecified atom stereocenters. The molecule has 0 saturated carbocycles. The van der Waals surface area contributed by atoms with Crippen LogP contribution < -0.4 is 0 Å². The molecule has 3 aromatic rings. The fourth-order valence-electron chi connectivity index (χ4n) is 2.40. The fraction of sp³-hybridized carbons (Fsp3) is 0.167. The van der Waals surface area contributed by atoms with Crippen molar-refractivity contribution in [1.82, 2.24) is 9.55 Å². The maximum atomic E-state index is 6.44. The highest BCUT2D eigenvalue weighted by atomic mass is 35.5. The summed E-state index contributed by atoms with van der Waals surface area (Å²) in [5, 5.41) is 2.28. The average Bonchev–Trinajstić information content (AvgIpc) is 3.07. The third kappa shape index (κ3) is 4.70. The monoisotopic (exact) mass is 396 g/mol. The van der Waals surface area contributed by atoms with E-state index < -0.39 is 0 Å². The van der Waals surface area contributed by atoms with Crippen molar-refractivity contribution in [3.8, 4) is 0 Å². The topological polar surface area (TPSA) is 17.8 Å². The van der Waals surface area contributed by atoms with Gasteiger partial charge in [-0.05, 0) is 48.4 Å². The zero-order valence-corrected chi connectivity index (χ0v) is 15.8. The minimum Gasteiger partial charge on any atom is -0.337 e. The van der Waals surface area contributed by atoms with Gasteiger partial charge in [0.2, 0.25) is 0 Å². The molecular formula is C18H15Cl3N2S. The van der Waals surface area contributed by atoms with Crippen LogP contribution in [0.4, 0.5) is 0 Å². The Balaban J connectivity index is 1.83. The Morgan fingerprint density at radius 3 is 2.42 bits per heavy atom. The number of aromatic nitrogens is 2. The molecule has 0 aliphatic heterocycles. The largest absolute Gasteiger partial charge is 0.337 e. The third-order valence-corrected chi connectivity index (χ3v) is 5.74. The summed E-state index contributed by atoms with van der Waals surface area (Å²) < 4.78 is 2.07. The van der Waals surface area contributed by atoms with Crippen molar-refractivity contribution in [2.75, 3.05) is 0 Å². The van der Waals surface area contributed by atoms with E-state index in [0.717, 1.165) is 28.4 Å². The molecule has 3 rings (SSSR count). The first kappa shape index (κ1) is 17.7. The average molecular weight is 398 g/mol. The predicted octanol–water partition coefficient (Wildman–Crippen LogP) is 6.77. The number of benzene rings is 2. The molecule has 0 spiro atoms. The molecule has 124 valence electrons. The van der Waals surface area contributed by atoms with Crippen molar-refractivity contribution in [1.29, 1.82) is 0 Å². The van der Waals surface area contributed by atoms with Gasteiger partial charge in [-0.25, -0.2) is 4.98 Å². The molecule has 0 aliphatic rings. The summed E-state index contributed by atoms with van der Waals surface area (Å²) in [5.74, 6) is 0. The van der Waals surface area contributed by atoms with Crippen molar-refractivity contribution in [3.63, 3.8) is 0 Å². The number of nitrogens with zero attached hydrogens (tertiary/aromatic N) is 2. The molecule has 0 bridgehead atoms. The summed E-state index contributed by atoms with van der Waals surface area (Å²) >= 11 is 20.2. The predicted molar refractivity (Wildman–Crippen MR) is 103 cm³/mol. The van der Waals surface area contributed by atoms with E-state index in [9.17, 15) is 0 Å². The van der Waals surface area contributed by atoms with Crippen LogP contribution in [0.25, 0.3) is 0 Å². The molecule has 0 radical (unpaired) electrons. The van der Waals surface area contributed by atoms with Gasteiger partial charge in [0.25, 0.3) is 0 Å². The van der Waals surface area contributed by atoms with Crippen molar-refractivity contribution >= 4 is 46.6 Å². The van der Waals surface area contributed by atoms with Crippen LogP contribution >= 0.6 is 46.6 Å². The highest BCUT2D eigenvalue weighted by molar-refractivity contribution is 7.99. The number of halogens is 3. The number of imidazole rings is 1. The van der Waals surface area contributed by atoms with Crippen LogP contribution in [0.2, 0.25) is 15.1 Å². The molecule has 2 nitrogen and oxygen atoms in total. The first-order valence-corrected chi connectivity index (χ1v) is 9.46.